The topological polar surface area (TPSA) is 63.8 Å². The first-order chi connectivity index (χ1) is 10.2. The van der Waals surface area contributed by atoms with Crippen LogP contribution in [0.2, 0.25) is 0 Å². The molecule has 0 bridgehead atoms. The molecule has 1 aliphatic rings. The molecule has 2 unspecified atom stereocenters. The van der Waals surface area contributed by atoms with Crippen LogP contribution in [0.15, 0.2) is 16.7 Å². The Bertz CT molecular complexity index is 602. The van der Waals surface area contributed by atoms with Crippen LogP contribution in [0.3, 0.4) is 0 Å². The third kappa shape index (κ3) is 2.97. The van der Waals surface area contributed by atoms with Crippen molar-refractivity contribution in [3.05, 3.63) is 29.4 Å². The zero-order valence-corrected chi connectivity index (χ0v) is 12.9. The first-order valence-corrected chi connectivity index (χ1v) is 7.70. The number of nitrogens with one attached hydrogen (secondary N) is 1. The number of likely N-dealkylation sites (N-methyl/N-ethyl adjacent to an activating group) is 1. The fraction of sp³-hybridized carbons (Fsp3) is 0.562. The van der Waals surface area contributed by atoms with Gasteiger partial charge in [-0.05, 0) is 45.4 Å². The number of pyridine rings is 1. The molecular weight excluding hydrogens is 264 g/mol. The molecule has 0 aromatic carbocycles. The van der Waals surface area contributed by atoms with E-state index in [2.05, 4.69) is 27.4 Å². The second-order valence-electron chi connectivity index (χ2n) is 5.80. The Morgan fingerprint density at radius 1 is 1.19 bits per heavy atom. The minimum atomic E-state index is 0.343. The van der Waals surface area contributed by atoms with Gasteiger partial charge in [0.05, 0.1) is 5.92 Å². The Hall–Kier alpha value is -1.75. The maximum absolute atomic E-state index is 5.54. The van der Waals surface area contributed by atoms with Crippen molar-refractivity contribution in [1.29, 1.82) is 0 Å². The van der Waals surface area contributed by atoms with E-state index in [9.17, 15) is 0 Å². The van der Waals surface area contributed by atoms with Crippen molar-refractivity contribution < 1.29 is 4.52 Å². The van der Waals surface area contributed by atoms with Gasteiger partial charge in [-0.3, -0.25) is 4.98 Å². The number of aryl methyl sites for hydroxylation is 2. The van der Waals surface area contributed by atoms with E-state index in [1.807, 2.05) is 26.0 Å². The average molecular weight is 286 g/mol. The highest BCUT2D eigenvalue weighted by atomic mass is 16.5. The van der Waals surface area contributed by atoms with Crippen LogP contribution in [0.4, 0.5) is 0 Å². The maximum Gasteiger partial charge on any atom is 0.231 e. The molecule has 2 atom stereocenters. The van der Waals surface area contributed by atoms with E-state index in [0.29, 0.717) is 17.8 Å². The second kappa shape index (κ2) is 5.93. The number of aromatic nitrogens is 3. The Kier molecular flexibility index (Phi) is 4.01. The summed E-state index contributed by atoms with van der Waals surface area (Å²) in [6.45, 7) is 7.08. The lowest BCUT2D eigenvalue weighted by Gasteiger charge is -2.16. The summed E-state index contributed by atoms with van der Waals surface area (Å²) in [7, 11) is 0. The van der Waals surface area contributed by atoms with Gasteiger partial charge >= 0.3 is 0 Å². The molecule has 112 valence electrons. The minimum absolute atomic E-state index is 0.343. The van der Waals surface area contributed by atoms with Crippen LogP contribution in [0, 0.1) is 13.8 Å². The van der Waals surface area contributed by atoms with Gasteiger partial charge in [0.2, 0.25) is 11.7 Å². The fourth-order valence-electron chi connectivity index (χ4n) is 3.23. The maximum atomic E-state index is 5.54. The summed E-state index contributed by atoms with van der Waals surface area (Å²) in [5.41, 5.74) is 2.93. The van der Waals surface area contributed by atoms with Gasteiger partial charge in [-0.15, -0.1) is 0 Å². The standard InChI is InChI=1S/C16H22N4O/c1-4-17-14-7-5-6-13(14)16-19-15(20-21-16)12-8-10(2)18-11(3)9-12/h8-9,13-14,17H,4-7H2,1-3H3. The lowest BCUT2D eigenvalue weighted by Crippen LogP contribution is -2.31. The van der Waals surface area contributed by atoms with Gasteiger partial charge in [-0.2, -0.15) is 4.98 Å². The van der Waals surface area contributed by atoms with Crippen molar-refractivity contribution in [3.63, 3.8) is 0 Å². The van der Waals surface area contributed by atoms with Gasteiger partial charge < -0.3 is 9.84 Å². The third-order valence-corrected chi connectivity index (χ3v) is 4.08. The molecule has 0 aliphatic heterocycles. The Balaban J connectivity index is 1.86. The van der Waals surface area contributed by atoms with Crippen LogP contribution in [0.1, 0.15) is 49.4 Å². The van der Waals surface area contributed by atoms with Gasteiger partial charge in [0.15, 0.2) is 0 Å². The molecule has 5 nitrogen and oxygen atoms in total. The molecule has 3 rings (SSSR count). The van der Waals surface area contributed by atoms with E-state index < -0.39 is 0 Å². The molecule has 0 spiro atoms. The van der Waals surface area contributed by atoms with Crippen molar-refractivity contribution in [1.82, 2.24) is 20.4 Å². The monoisotopic (exact) mass is 286 g/mol. The Morgan fingerprint density at radius 2 is 1.95 bits per heavy atom. The van der Waals surface area contributed by atoms with Crippen molar-refractivity contribution in [2.45, 2.75) is 52.0 Å². The van der Waals surface area contributed by atoms with E-state index in [-0.39, 0.29) is 0 Å². The molecule has 0 saturated heterocycles. The van der Waals surface area contributed by atoms with Crippen LogP contribution in [-0.4, -0.2) is 27.7 Å². The lowest BCUT2D eigenvalue weighted by atomic mass is 10.0. The van der Waals surface area contributed by atoms with E-state index >= 15 is 0 Å². The highest BCUT2D eigenvalue weighted by Gasteiger charge is 2.32. The molecule has 1 fully saturated rings. The van der Waals surface area contributed by atoms with Gasteiger partial charge in [0.1, 0.15) is 0 Å². The second-order valence-corrected chi connectivity index (χ2v) is 5.80. The van der Waals surface area contributed by atoms with Crippen molar-refractivity contribution in [3.8, 4) is 11.4 Å². The molecule has 1 aliphatic carbocycles. The van der Waals surface area contributed by atoms with Crippen molar-refractivity contribution >= 4 is 0 Å². The van der Waals surface area contributed by atoms with Crippen LogP contribution in [-0.2, 0) is 0 Å². The summed E-state index contributed by atoms with van der Waals surface area (Å²) in [4.78, 5) is 9.02. The van der Waals surface area contributed by atoms with Crippen LogP contribution < -0.4 is 5.32 Å². The number of hydrogen-bond donors (Lipinski definition) is 1. The van der Waals surface area contributed by atoms with E-state index in [0.717, 1.165) is 35.8 Å². The molecule has 2 aromatic heterocycles. The zero-order valence-electron chi connectivity index (χ0n) is 12.9. The third-order valence-electron chi connectivity index (χ3n) is 4.08. The molecule has 2 heterocycles. The van der Waals surface area contributed by atoms with Crippen molar-refractivity contribution in [2.24, 2.45) is 0 Å². The van der Waals surface area contributed by atoms with Crippen LogP contribution in [0.25, 0.3) is 11.4 Å². The van der Waals surface area contributed by atoms with Gasteiger partial charge in [-0.1, -0.05) is 18.5 Å². The summed E-state index contributed by atoms with van der Waals surface area (Å²) < 4.78 is 5.54. The summed E-state index contributed by atoms with van der Waals surface area (Å²) in [5.74, 6) is 1.77. The largest absolute Gasteiger partial charge is 0.339 e. The van der Waals surface area contributed by atoms with Crippen LogP contribution in [0.5, 0.6) is 0 Å². The smallest absolute Gasteiger partial charge is 0.231 e. The molecule has 0 amide bonds. The van der Waals surface area contributed by atoms with Crippen molar-refractivity contribution in [2.75, 3.05) is 6.54 Å². The van der Waals surface area contributed by atoms with Gasteiger partial charge in [-0.25, -0.2) is 0 Å². The van der Waals surface area contributed by atoms with E-state index in [1.54, 1.807) is 0 Å². The molecular formula is C16H22N4O. The highest BCUT2D eigenvalue weighted by molar-refractivity contribution is 5.55. The SMILES string of the molecule is CCNC1CCCC1c1nc(-c2cc(C)nc(C)c2)no1. The molecule has 1 N–H and O–H groups in total. The number of hydrogen-bond acceptors (Lipinski definition) is 5. The quantitative estimate of drug-likeness (QED) is 0.936. The molecule has 1 saturated carbocycles. The van der Waals surface area contributed by atoms with Gasteiger partial charge in [0.25, 0.3) is 0 Å². The van der Waals surface area contributed by atoms with Gasteiger partial charge in [0, 0.05) is 23.0 Å². The zero-order chi connectivity index (χ0) is 14.8. The summed E-state index contributed by atoms with van der Waals surface area (Å²) in [6.07, 6.45) is 3.52. The normalized spacial score (nSPS) is 21.9. The summed E-state index contributed by atoms with van der Waals surface area (Å²) >= 11 is 0. The first kappa shape index (κ1) is 14.2. The summed E-state index contributed by atoms with van der Waals surface area (Å²) in [6, 6.07) is 4.46. The highest BCUT2D eigenvalue weighted by Crippen LogP contribution is 2.34. The number of nitrogens with zero attached hydrogens (tertiary/aromatic N) is 3. The lowest BCUT2D eigenvalue weighted by molar-refractivity contribution is 0.332. The molecule has 2 aromatic rings. The molecule has 0 radical (unpaired) electrons. The Morgan fingerprint density at radius 3 is 2.67 bits per heavy atom. The Labute approximate surface area is 125 Å². The van der Waals surface area contributed by atoms with E-state index in [4.69, 9.17) is 4.52 Å². The minimum Gasteiger partial charge on any atom is -0.339 e. The first-order valence-electron chi connectivity index (χ1n) is 7.70. The fourth-order valence-corrected chi connectivity index (χ4v) is 3.23. The van der Waals surface area contributed by atoms with Crippen LogP contribution >= 0.6 is 0 Å². The molecule has 21 heavy (non-hydrogen) atoms. The summed E-state index contributed by atoms with van der Waals surface area (Å²) in [5, 5.41) is 7.69. The predicted octanol–water partition coefficient (Wildman–Crippen LogP) is 2.99. The average Bonchev–Trinajstić information content (AvgIpc) is 3.06. The number of rotatable bonds is 4. The molecule has 5 heteroatoms. The van der Waals surface area contributed by atoms with E-state index in [1.165, 1.54) is 12.8 Å². The predicted molar refractivity (Wildman–Crippen MR) is 81.1 cm³/mol.